The molecule has 6 nitrogen and oxygen atoms in total. The normalized spacial score (nSPS) is 32.8. The first-order chi connectivity index (χ1) is 11.3. The number of aliphatic carboxylic acids is 1. The minimum absolute atomic E-state index is 0.0243. The minimum Gasteiger partial charge on any atom is -0.481 e. The average molecular weight is 330 g/mol. The molecule has 24 heavy (non-hydrogen) atoms. The van der Waals surface area contributed by atoms with E-state index in [1.807, 2.05) is 29.4 Å². The summed E-state index contributed by atoms with van der Waals surface area (Å²) in [6.45, 7) is 5.56. The quantitative estimate of drug-likeness (QED) is 0.882. The van der Waals surface area contributed by atoms with Crippen LogP contribution < -0.4 is 5.56 Å². The van der Waals surface area contributed by atoms with E-state index in [-0.39, 0.29) is 23.3 Å². The third kappa shape index (κ3) is 2.12. The molecule has 4 atom stereocenters. The summed E-state index contributed by atoms with van der Waals surface area (Å²) in [7, 11) is 0. The maximum Gasteiger partial charge on any atom is 0.307 e. The molecule has 1 amide bonds. The molecule has 6 heteroatoms. The number of carbonyl (C=O) groups is 2. The second-order valence-corrected chi connectivity index (χ2v) is 8.06. The smallest absolute Gasteiger partial charge is 0.307 e. The molecule has 1 aliphatic carbocycles. The first-order valence-corrected chi connectivity index (χ1v) is 8.52. The lowest BCUT2D eigenvalue weighted by Gasteiger charge is -2.43. The molecule has 0 unspecified atom stereocenters. The summed E-state index contributed by atoms with van der Waals surface area (Å²) in [5, 5.41) is 9.32. The van der Waals surface area contributed by atoms with Crippen LogP contribution in [0.2, 0.25) is 0 Å². The standard InChI is InChI=1S/C18H22N2O4/c1-18(2)14(15(18)17(23)24)16(22)19-7-10-6-11(9-19)12-4-3-5-13(21)20(12)8-10/h3-5,10-11,14-15H,6-9H2,1-2H3,(H,23,24)/t10-,11+,14+,15-/m1/s1. The number of pyridine rings is 1. The van der Waals surface area contributed by atoms with Gasteiger partial charge in [-0.05, 0) is 23.8 Å². The highest BCUT2D eigenvalue weighted by molar-refractivity contribution is 5.91. The number of carbonyl (C=O) groups excluding carboxylic acids is 1. The van der Waals surface area contributed by atoms with Crippen molar-refractivity contribution in [1.82, 2.24) is 9.47 Å². The van der Waals surface area contributed by atoms with Gasteiger partial charge in [0, 0.05) is 37.3 Å². The van der Waals surface area contributed by atoms with Crippen molar-refractivity contribution in [3.63, 3.8) is 0 Å². The molecule has 128 valence electrons. The van der Waals surface area contributed by atoms with Crippen molar-refractivity contribution in [3.8, 4) is 0 Å². The number of hydrogen-bond acceptors (Lipinski definition) is 3. The van der Waals surface area contributed by atoms with Crippen LogP contribution in [0.25, 0.3) is 0 Å². The lowest BCUT2D eigenvalue weighted by atomic mass is 9.83. The summed E-state index contributed by atoms with van der Waals surface area (Å²) in [5.41, 5.74) is 0.557. The Bertz CT molecular complexity index is 781. The number of hydrogen-bond donors (Lipinski definition) is 1. The SMILES string of the molecule is CC1(C)[C@H](C(=O)N2C[C@H]3C[C@@H](C2)c2cccc(=O)n2C3)[C@@H]1C(=O)O. The molecule has 2 fully saturated rings. The predicted molar refractivity (Wildman–Crippen MR) is 86.5 cm³/mol. The zero-order valence-electron chi connectivity index (χ0n) is 13.9. The maximum absolute atomic E-state index is 12.9. The third-order valence-corrected chi connectivity index (χ3v) is 6.15. The Labute approximate surface area is 140 Å². The van der Waals surface area contributed by atoms with Crippen LogP contribution in [-0.2, 0) is 16.1 Å². The molecule has 2 bridgehead atoms. The van der Waals surface area contributed by atoms with Crippen molar-refractivity contribution >= 4 is 11.9 Å². The molecular weight excluding hydrogens is 308 g/mol. The van der Waals surface area contributed by atoms with E-state index in [0.29, 0.717) is 19.6 Å². The molecule has 0 spiro atoms. The molecule has 4 rings (SSSR count). The first-order valence-electron chi connectivity index (χ1n) is 8.52. The van der Waals surface area contributed by atoms with Crippen LogP contribution in [0.4, 0.5) is 0 Å². The Morgan fingerprint density at radius 2 is 1.92 bits per heavy atom. The molecule has 3 aliphatic rings. The second-order valence-electron chi connectivity index (χ2n) is 8.06. The van der Waals surface area contributed by atoms with Gasteiger partial charge >= 0.3 is 5.97 Å². The van der Waals surface area contributed by atoms with Gasteiger partial charge in [-0.15, -0.1) is 0 Å². The minimum atomic E-state index is -0.882. The van der Waals surface area contributed by atoms with E-state index >= 15 is 0 Å². The summed E-state index contributed by atoms with van der Waals surface area (Å²) in [6.07, 6.45) is 0.990. The van der Waals surface area contributed by atoms with E-state index in [1.165, 1.54) is 0 Å². The highest BCUT2D eigenvalue weighted by atomic mass is 16.4. The topological polar surface area (TPSA) is 79.6 Å². The Kier molecular flexibility index (Phi) is 3.18. The van der Waals surface area contributed by atoms with Gasteiger partial charge in [-0.3, -0.25) is 14.4 Å². The Morgan fingerprint density at radius 1 is 1.17 bits per heavy atom. The van der Waals surface area contributed by atoms with Gasteiger partial charge in [-0.2, -0.15) is 0 Å². The number of amides is 1. The number of likely N-dealkylation sites (tertiary alicyclic amines) is 1. The van der Waals surface area contributed by atoms with Crippen LogP contribution in [0.1, 0.15) is 31.9 Å². The van der Waals surface area contributed by atoms with Gasteiger partial charge in [-0.25, -0.2) is 0 Å². The van der Waals surface area contributed by atoms with Gasteiger partial charge in [0.25, 0.3) is 5.56 Å². The molecule has 1 aromatic heterocycles. The van der Waals surface area contributed by atoms with Crippen LogP contribution in [0.5, 0.6) is 0 Å². The number of carboxylic acid groups (broad SMARTS) is 1. The van der Waals surface area contributed by atoms with Crippen LogP contribution >= 0.6 is 0 Å². The Hall–Kier alpha value is -2.11. The highest BCUT2D eigenvalue weighted by Crippen LogP contribution is 2.59. The second kappa shape index (κ2) is 4.94. The molecule has 1 saturated heterocycles. The average Bonchev–Trinajstić information content (AvgIpc) is 3.10. The van der Waals surface area contributed by atoms with E-state index in [9.17, 15) is 19.5 Å². The molecular formula is C18H22N2O4. The lowest BCUT2D eigenvalue weighted by Crippen LogP contribution is -2.49. The Morgan fingerprint density at radius 3 is 2.58 bits per heavy atom. The van der Waals surface area contributed by atoms with E-state index in [1.54, 1.807) is 12.1 Å². The van der Waals surface area contributed by atoms with Gasteiger partial charge in [0.15, 0.2) is 0 Å². The molecule has 1 aromatic rings. The fraction of sp³-hybridized carbons (Fsp3) is 0.611. The summed E-state index contributed by atoms with van der Waals surface area (Å²) in [5.74, 6) is -1.49. The molecule has 0 radical (unpaired) electrons. The van der Waals surface area contributed by atoms with E-state index < -0.39 is 23.2 Å². The molecule has 2 aliphatic heterocycles. The summed E-state index contributed by atoms with van der Waals surface area (Å²) in [6, 6.07) is 5.33. The van der Waals surface area contributed by atoms with Gasteiger partial charge in [0.2, 0.25) is 5.91 Å². The van der Waals surface area contributed by atoms with Crippen LogP contribution in [-0.4, -0.2) is 39.5 Å². The maximum atomic E-state index is 12.9. The zero-order chi connectivity index (χ0) is 17.2. The number of carboxylic acids is 1. The number of aromatic nitrogens is 1. The zero-order valence-corrected chi connectivity index (χ0v) is 13.9. The number of piperidine rings is 1. The van der Waals surface area contributed by atoms with Crippen LogP contribution in [0.15, 0.2) is 23.0 Å². The fourth-order valence-corrected chi connectivity index (χ4v) is 4.83. The number of fused-ring (bicyclic) bond motifs is 4. The van der Waals surface area contributed by atoms with Crippen molar-refractivity contribution in [3.05, 3.63) is 34.2 Å². The third-order valence-electron chi connectivity index (χ3n) is 6.15. The fourth-order valence-electron chi connectivity index (χ4n) is 4.83. The molecule has 0 aromatic carbocycles. The van der Waals surface area contributed by atoms with Gasteiger partial charge in [0.1, 0.15) is 0 Å². The van der Waals surface area contributed by atoms with E-state index in [4.69, 9.17) is 0 Å². The molecule has 3 heterocycles. The van der Waals surface area contributed by atoms with Crippen molar-refractivity contribution in [1.29, 1.82) is 0 Å². The summed E-state index contributed by atoms with van der Waals surface area (Å²) in [4.78, 5) is 38.1. The van der Waals surface area contributed by atoms with Crippen molar-refractivity contribution < 1.29 is 14.7 Å². The van der Waals surface area contributed by atoms with Crippen molar-refractivity contribution in [2.45, 2.75) is 32.7 Å². The Balaban J connectivity index is 1.58. The van der Waals surface area contributed by atoms with Gasteiger partial charge < -0.3 is 14.6 Å². The van der Waals surface area contributed by atoms with Gasteiger partial charge in [-0.1, -0.05) is 19.9 Å². The molecule has 1 saturated carbocycles. The molecule has 1 N–H and O–H groups in total. The van der Waals surface area contributed by atoms with E-state index in [2.05, 4.69) is 0 Å². The van der Waals surface area contributed by atoms with Crippen LogP contribution in [0.3, 0.4) is 0 Å². The number of nitrogens with zero attached hydrogens (tertiary/aromatic N) is 2. The van der Waals surface area contributed by atoms with Crippen molar-refractivity contribution in [2.24, 2.45) is 23.2 Å². The highest BCUT2D eigenvalue weighted by Gasteiger charge is 2.66. The first kappa shape index (κ1) is 15.4. The predicted octanol–water partition coefficient (Wildman–Crippen LogP) is 1.15. The summed E-state index contributed by atoms with van der Waals surface area (Å²) < 4.78 is 1.84. The van der Waals surface area contributed by atoms with Crippen LogP contribution in [0, 0.1) is 23.2 Å². The number of rotatable bonds is 2. The largest absolute Gasteiger partial charge is 0.481 e. The van der Waals surface area contributed by atoms with Gasteiger partial charge in [0.05, 0.1) is 11.8 Å². The lowest BCUT2D eigenvalue weighted by molar-refractivity contribution is -0.142. The van der Waals surface area contributed by atoms with E-state index in [0.717, 1.165) is 12.1 Å². The van der Waals surface area contributed by atoms with Crippen molar-refractivity contribution in [2.75, 3.05) is 13.1 Å². The summed E-state index contributed by atoms with van der Waals surface area (Å²) >= 11 is 0. The monoisotopic (exact) mass is 330 g/mol.